The van der Waals surface area contributed by atoms with Crippen LogP contribution in [0.25, 0.3) is 10.9 Å². The second-order valence-electron chi connectivity index (χ2n) is 6.44. The molecule has 0 radical (unpaired) electrons. The fourth-order valence-electron chi connectivity index (χ4n) is 3.23. The van der Waals surface area contributed by atoms with Gasteiger partial charge in [0, 0.05) is 11.6 Å². The molecular formula is C21H17FN2O3S. The van der Waals surface area contributed by atoms with Crippen molar-refractivity contribution in [2.45, 2.75) is 25.0 Å². The molecule has 1 atom stereocenters. The Balaban J connectivity index is 1.61. The van der Waals surface area contributed by atoms with E-state index in [0.29, 0.717) is 28.8 Å². The molecule has 0 spiro atoms. The molecule has 1 aliphatic heterocycles. The standard InChI is InChI=1S/C21H17FN2O3S/c1-2-12-9-15(5-3-13(12)10-19-20(25)24-21(26)28-19)27-18-7-8-23-17-6-4-14(22)11-16(17)18/h3-9,11,19H,2,10H2,1H3,(H,24,25,26). The van der Waals surface area contributed by atoms with E-state index in [0.717, 1.165) is 29.3 Å². The van der Waals surface area contributed by atoms with E-state index < -0.39 is 5.25 Å². The second kappa shape index (κ2) is 7.59. The lowest BCUT2D eigenvalue weighted by Gasteiger charge is -2.14. The number of amides is 2. The summed E-state index contributed by atoms with van der Waals surface area (Å²) in [6.07, 6.45) is 2.86. The lowest BCUT2D eigenvalue weighted by Crippen LogP contribution is -2.25. The lowest BCUT2D eigenvalue weighted by molar-refractivity contribution is -0.118. The third kappa shape index (κ3) is 3.71. The summed E-state index contributed by atoms with van der Waals surface area (Å²) in [6.45, 7) is 2.02. The van der Waals surface area contributed by atoms with Crippen LogP contribution >= 0.6 is 11.8 Å². The van der Waals surface area contributed by atoms with Crippen molar-refractivity contribution >= 4 is 33.8 Å². The summed E-state index contributed by atoms with van der Waals surface area (Å²) in [5.74, 6) is 0.548. The van der Waals surface area contributed by atoms with Gasteiger partial charge in [0.1, 0.15) is 17.3 Å². The molecule has 5 nitrogen and oxygen atoms in total. The lowest BCUT2D eigenvalue weighted by atomic mass is 10.00. The summed E-state index contributed by atoms with van der Waals surface area (Å²) in [7, 11) is 0. The molecule has 0 saturated carbocycles. The molecule has 1 fully saturated rings. The maximum atomic E-state index is 13.6. The van der Waals surface area contributed by atoms with Crippen molar-refractivity contribution in [3.05, 3.63) is 65.6 Å². The van der Waals surface area contributed by atoms with Crippen LogP contribution in [0.4, 0.5) is 9.18 Å². The fraction of sp³-hybridized carbons (Fsp3) is 0.190. The van der Waals surface area contributed by atoms with E-state index in [9.17, 15) is 14.0 Å². The average Bonchev–Trinajstić information content (AvgIpc) is 3.00. The van der Waals surface area contributed by atoms with Crippen LogP contribution in [0, 0.1) is 5.82 Å². The number of nitrogens with one attached hydrogen (secondary N) is 1. The number of pyridine rings is 1. The average molecular weight is 396 g/mol. The number of fused-ring (bicyclic) bond motifs is 1. The van der Waals surface area contributed by atoms with Gasteiger partial charge in [0.2, 0.25) is 5.91 Å². The maximum Gasteiger partial charge on any atom is 0.286 e. The normalized spacial score (nSPS) is 16.4. The molecule has 4 rings (SSSR count). The predicted octanol–water partition coefficient (Wildman–Crippen LogP) is 4.62. The molecule has 0 bridgehead atoms. The molecule has 1 aromatic heterocycles. The Labute approximate surface area is 165 Å². The summed E-state index contributed by atoms with van der Waals surface area (Å²) >= 11 is 1.02. The van der Waals surface area contributed by atoms with Crippen molar-refractivity contribution in [1.82, 2.24) is 10.3 Å². The van der Waals surface area contributed by atoms with E-state index >= 15 is 0 Å². The topological polar surface area (TPSA) is 68.3 Å². The Morgan fingerprint density at radius 3 is 2.75 bits per heavy atom. The van der Waals surface area contributed by atoms with Gasteiger partial charge in [-0.25, -0.2) is 4.39 Å². The van der Waals surface area contributed by atoms with Gasteiger partial charge in [-0.3, -0.25) is 19.9 Å². The van der Waals surface area contributed by atoms with Gasteiger partial charge in [-0.1, -0.05) is 24.8 Å². The molecule has 2 aromatic carbocycles. The fourth-order valence-corrected chi connectivity index (χ4v) is 4.08. The number of aryl methyl sites for hydroxylation is 1. The number of ether oxygens (including phenoxy) is 1. The monoisotopic (exact) mass is 396 g/mol. The molecule has 7 heteroatoms. The molecule has 1 N–H and O–H groups in total. The van der Waals surface area contributed by atoms with E-state index in [1.165, 1.54) is 12.1 Å². The highest BCUT2D eigenvalue weighted by Gasteiger charge is 2.31. The summed E-state index contributed by atoms with van der Waals surface area (Å²) in [6, 6.07) is 11.7. The Morgan fingerprint density at radius 2 is 2.00 bits per heavy atom. The molecule has 2 heterocycles. The zero-order chi connectivity index (χ0) is 19.7. The van der Waals surface area contributed by atoms with E-state index in [-0.39, 0.29) is 17.0 Å². The molecule has 2 amide bonds. The van der Waals surface area contributed by atoms with Crippen LogP contribution in [-0.2, 0) is 17.6 Å². The maximum absolute atomic E-state index is 13.6. The van der Waals surface area contributed by atoms with Crippen molar-refractivity contribution in [1.29, 1.82) is 0 Å². The summed E-state index contributed by atoms with van der Waals surface area (Å²) < 4.78 is 19.6. The molecule has 1 aliphatic rings. The minimum absolute atomic E-state index is 0.248. The molecule has 1 unspecified atom stereocenters. The number of hydrogen-bond donors (Lipinski definition) is 1. The van der Waals surface area contributed by atoms with Gasteiger partial charge < -0.3 is 4.74 Å². The number of carbonyl (C=O) groups is 2. The van der Waals surface area contributed by atoms with E-state index in [2.05, 4.69) is 10.3 Å². The SMILES string of the molecule is CCc1cc(Oc2ccnc3ccc(F)cc23)ccc1CC1SC(=O)NC1=O. The van der Waals surface area contributed by atoms with Gasteiger partial charge in [0.25, 0.3) is 5.24 Å². The zero-order valence-corrected chi connectivity index (χ0v) is 15.9. The zero-order valence-electron chi connectivity index (χ0n) is 15.1. The number of halogens is 1. The minimum atomic E-state index is -0.406. The number of aromatic nitrogens is 1. The van der Waals surface area contributed by atoms with Crippen LogP contribution in [0.1, 0.15) is 18.1 Å². The van der Waals surface area contributed by atoms with Crippen molar-refractivity contribution < 1.29 is 18.7 Å². The highest BCUT2D eigenvalue weighted by Crippen LogP contribution is 2.32. The van der Waals surface area contributed by atoms with Gasteiger partial charge in [0.05, 0.1) is 10.8 Å². The summed E-state index contributed by atoms with van der Waals surface area (Å²) in [4.78, 5) is 27.4. The third-order valence-electron chi connectivity index (χ3n) is 4.62. The van der Waals surface area contributed by atoms with Gasteiger partial charge in [-0.15, -0.1) is 0 Å². The quantitative estimate of drug-likeness (QED) is 0.681. The number of rotatable bonds is 5. The number of thioether (sulfide) groups is 1. The van der Waals surface area contributed by atoms with E-state index in [1.807, 2.05) is 25.1 Å². The van der Waals surface area contributed by atoms with Gasteiger partial charge in [-0.2, -0.15) is 0 Å². The van der Waals surface area contributed by atoms with Gasteiger partial charge >= 0.3 is 0 Å². The van der Waals surface area contributed by atoms with Crippen molar-refractivity contribution in [3.8, 4) is 11.5 Å². The van der Waals surface area contributed by atoms with Crippen molar-refractivity contribution in [3.63, 3.8) is 0 Å². The largest absolute Gasteiger partial charge is 0.457 e. The number of imide groups is 1. The third-order valence-corrected chi connectivity index (χ3v) is 5.60. The molecular weight excluding hydrogens is 379 g/mol. The first-order valence-corrected chi connectivity index (χ1v) is 9.77. The smallest absolute Gasteiger partial charge is 0.286 e. The van der Waals surface area contributed by atoms with E-state index in [4.69, 9.17) is 4.74 Å². The Kier molecular flexibility index (Phi) is 5.00. The highest BCUT2D eigenvalue weighted by atomic mass is 32.2. The summed E-state index contributed by atoms with van der Waals surface area (Å²) in [5, 5.41) is 2.21. The van der Waals surface area contributed by atoms with Crippen LogP contribution in [-0.4, -0.2) is 21.4 Å². The van der Waals surface area contributed by atoms with Crippen LogP contribution in [0.2, 0.25) is 0 Å². The van der Waals surface area contributed by atoms with Crippen molar-refractivity contribution in [2.24, 2.45) is 0 Å². The Bertz CT molecular complexity index is 1090. The number of nitrogens with zero attached hydrogens (tertiary/aromatic N) is 1. The Morgan fingerprint density at radius 1 is 1.14 bits per heavy atom. The molecule has 142 valence electrons. The molecule has 0 aliphatic carbocycles. The minimum Gasteiger partial charge on any atom is -0.457 e. The van der Waals surface area contributed by atoms with Crippen LogP contribution in [0.15, 0.2) is 48.7 Å². The van der Waals surface area contributed by atoms with Crippen molar-refractivity contribution in [2.75, 3.05) is 0 Å². The van der Waals surface area contributed by atoms with Gasteiger partial charge in [0.15, 0.2) is 0 Å². The van der Waals surface area contributed by atoms with E-state index in [1.54, 1.807) is 18.3 Å². The van der Waals surface area contributed by atoms with Gasteiger partial charge in [-0.05, 0) is 60.4 Å². The Hall–Kier alpha value is -2.93. The molecule has 28 heavy (non-hydrogen) atoms. The number of carbonyl (C=O) groups excluding carboxylic acids is 2. The number of benzene rings is 2. The second-order valence-corrected chi connectivity index (χ2v) is 7.62. The first-order valence-electron chi connectivity index (χ1n) is 8.89. The van der Waals surface area contributed by atoms with Crippen LogP contribution < -0.4 is 10.1 Å². The first kappa shape index (κ1) is 18.4. The predicted molar refractivity (Wildman–Crippen MR) is 106 cm³/mol. The van der Waals surface area contributed by atoms with Crippen LogP contribution in [0.3, 0.4) is 0 Å². The summed E-state index contributed by atoms with van der Waals surface area (Å²) in [5.41, 5.74) is 2.69. The van der Waals surface area contributed by atoms with Crippen LogP contribution in [0.5, 0.6) is 11.5 Å². The molecule has 3 aromatic rings. The molecule has 1 saturated heterocycles. The highest BCUT2D eigenvalue weighted by molar-refractivity contribution is 8.15. The number of hydrogen-bond acceptors (Lipinski definition) is 5. The first-order chi connectivity index (χ1) is 13.5.